The molecule has 0 saturated carbocycles. The van der Waals surface area contributed by atoms with Crippen molar-refractivity contribution in [2.24, 2.45) is 0 Å². The second-order valence-corrected chi connectivity index (χ2v) is 6.63. The van der Waals surface area contributed by atoms with E-state index in [1.165, 1.54) is 0 Å². The Labute approximate surface area is 165 Å². The van der Waals surface area contributed by atoms with Gasteiger partial charge in [0, 0.05) is 23.7 Å². The maximum atomic E-state index is 12.1. The van der Waals surface area contributed by atoms with E-state index < -0.39 is 0 Å². The minimum absolute atomic E-state index is 0.101. The highest BCUT2D eigenvalue weighted by Gasteiger charge is 2.14. The van der Waals surface area contributed by atoms with Gasteiger partial charge in [0.05, 0.1) is 25.3 Å². The molecule has 0 unspecified atom stereocenters. The summed E-state index contributed by atoms with van der Waals surface area (Å²) in [5.41, 5.74) is 1.42. The lowest BCUT2D eigenvalue weighted by molar-refractivity contribution is -0.120. The zero-order chi connectivity index (χ0) is 19.6. The molecule has 2 rings (SSSR count). The Morgan fingerprint density at radius 3 is 2.78 bits per heavy atom. The van der Waals surface area contributed by atoms with Crippen LogP contribution in [0.3, 0.4) is 0 Å². The second-order valence-electron chi connectivity index (χ2n) is 6.20. The molecule has 1 heterocycles. The zero-order valence-corrected chi connectivity index (χ0v) is 17.0. The van der Waals surface area contributed by atoms with Gasteiger partial charge in [-0.1, -0.05) is 31.5 Å². The molecular weight excluding hydrogens is 366 g/mol. The number of ether oxygens (including phenoxy) is 1. The van der Waals surface area contributed by atoms with Crippen LogP contribution in [0, 0.1) is 6.92 Å². The smallest absolute Gasteiger partial charge is 0.226 e. The summed E-state index contributed by atoms with van der Waals surface area (Å²) in [6.45, 7) is 10.7. The molecule has 0 aliphatic rings. The summed E-state index contributed by atoms with van der Waals surface area (Å²) in [7, 11) is 0. The Kier molecular flexibility index (Phi) is 8.78. The van der Waals surface area contributed by atoms with Crippen molar-refractivity contribution < 1.29 is 13.9 Å². The number of nitrogens with one attached hydrogen (secondary N) is 1. The Morgan fingerprint density at radius 1 is 1.30 bits per heavy atom. The molecule has 148 valence electrons. The van der Waals surface area contributed by atoms with Gasteiger partial charge in [0.15, 0.2) is 0 Å². The van der Waals surface area contributed by atoms with Gasteiger partial charge >= 0.3 is 0 Å². The molecule has 1 aromatic heterocycles. The van der Waals surface area contributed by atoms with Crippen molar-refractivity contribution >= 4 is 17.5 Å². The van der Waals surface area contributed by atoms with Gasteiger partial charge in [0.25, 0.3) is 0 Å². The molecule has 2 aromatic rings. The van der Waals surface area contributed by atoms with Crippen LogP contribution in [0.15, 0.2) is 28.7 Å². The monoisotopic (exact) mass is 393 g/mol. The molecule has 0 fully saturated rings. The second kappa shape index (κ2) is 11.1. The number of halogens is 1. The van der Waals surface area contributed by atoms with Gasteiger partial charge in [0.2, 0.25) is 11.8 Å². The van der Waals surface area contributed by atoms with Crippen molar-refractivity contribution in [3.63, 3.8) is 0 Å². The number of oxazole rings is 1. The highest BCUT2D eigenvalue weighted by Crippen LogP contribution is 2.24. The molecule has 27 heavy (non-hydrogen) atoms. The van der Waals surface area contributed by atoms with Crippen LogP contribution in [0.25, 0.3) is 11.5 Å². The largest absolute Gasteiger partial charge is 0.441 e. The number of carbonyl (C=O) groups is 1. The zero-order valence-electron chi connectivity index (χ0n) is 16.3. The molecule has 6 nitrogen and oxygen atoms in total. The quantitative estimate of drug-likeness (QED) is 0.593. The van der Waals surface area contributed by atoms with E-state index in [-0.39, 0.29) is 12.3 Å². The van der Waals surface area contributed by atoms with E-state index in [1.807, 2.05) is 12.1 Å². The van der Waals surface area contributed by atoms with Gasteiger partial charge < -0.3 is 19.4 Å². The van der Waals surface area contributed by atoms with Crippen molar-refractivity contribution in [2.75, 3.05) is 39.4 Å². The van der Waals surface area contributed by atoms with E-state index in [4.69, 9.17) is 20.8 Å². The maximum absolute atomic E-state index is 12.1. The number of nitrogens with zero attached hydrogens (tertiary/aromatic N) is 2. The first kappa shape index (κ1) is 21.4. The highest BCUT2D eigenvalue weighted by atomic mass is 35.5. The van der Waals surface area contributed by atoms with Gasteiger partial charge in [-0.3, -0.25) is 4.79 Å². The molecular formula is C20H28ClN3O3. The number of likely N-dealkylation sites (N-methyl/N-ethyl adjacent to an activating group) is 1. The lowest BCUT2D eigenvalue weighted by Gasteiger charge is -2.17. The average molecular weight is 394 g/mol. The van der Waals surface area contributed by atoms with E-state index >= 15 is 0 Å². The number of aryl methyl sites for hydroxylation is 1. The Hall–Kier alpha value is -1.89. The number of rotatable bonds is 11. The van der Waals surface area contributed by atoms with Crippen LogP contribution >= 0.6 is 11.6 Å². The molecule has 0 bridgehead atoms. The van der Waals surface area contributed by atoms with Crippen molar-refractivity contribution in [3.05, 3.63) is 40.7 Å². The summed E-state index contributed by atoms with van der Waals surface area (Å²) in [6.07, 6.45) is 0.176. The Balaban J connectivity index is 1.74. The Bertz CT molecular complexity index is 729. The predicted molar refractivity (Wildman–Crippen MR) is 107 cm³/mol. The molecule has 0 spiro atoms. The number of hydrogen-bond donors (Lipinski definition) is 1. The van der Waals surface area contributed by atoms with E-state index in [2.05, 4.69) is 29.0 Å². The molecule has 0 aliphatic heterocycles. The molecule has 0 atom stereocenters. The summed E-state index contributed by atoms with van der Waals surface area (Å²) >= 11 is 6.00. The predicted octanol–water partition coefficient (Wildman–Crippen LogP) is 3.32. The molecule has 1 amide bonds. The average Bonchev–Trinajstić information content (AvgIpc) is 3.02. The molecule has 0 aliphatic carbocycles. The van der Waals surface area contributed by atoms with Crippen LogP contribution in [0.4, 0.5) is 0 Å². The third-order valence-electron chi connectivity index (χ3n) is 4.31. The van der Waals surface area contributed by atoms with Gasteiger partial charge in [-0.25, -0.2) is 4.98 Å². The summed E-state index contributed by atoms with van der Waals surface area (Å²) in [4.78, 5) is 18.8. The SMILES string of the molecule is CCN(CC)CCOCCNC(=O)Cc1nc(-c2cccc(Cl)c2)oc1C. The van der Waals surface area contributed by atoms with Crippen LogP contribution < -0.4 is 5.32 Å². The molecule has 1 N–H and O–H groups in total. The Morgan fingerprint density at radius 2 is 2.07 bits per heavy atom. The van der Waals surface area contributed by atoms with E-state index in [1.54, 1.807) is 19.1 Å². The number of amides is 1. The fourth-order valence-electron chi connectivity index (χ4n) is 2.65. The molecule has 0 saturated heterocycles. The number of hydrogen-bond acceptors (Lipinski definition) is 5. The van der Waals surface area contributed by atoms with Crippen LogP contribution in [0.5, 0.6) is 0 Å². The summed E-state index contributed by atoms with van der Waals surface area (Å²) < 4.78 is 11.2. The van der Waals surface area contributed by atoms with Gasteiger partial charge in [-0.15, -0.1) is 0 Å². The summed E-state index contributed by atoms with van der Waals surface area (Å²) in [5.74, 6) is 1.00. The minimum atomic E-state index is -0.101. The summed E-state index contributed by atoms with van der Waals surface area (Å²) in [5, 5.41) is 3.47. The van der Waals surface area contributed by atoms with Gasteiger partial charge in [-0.05, 0) is 38.2 Å². The van der Waals surface area contributed by atoms with Crippen molar-refractivity contribution in [1.82, 2.24) is 15.2 Å². The fourth-order valence-corrected chi connectivity index (χ4v) is 2.84. The number of carbonyl (C=O) groups excluding carboxylic acids is 1. The van der Waals surface area contributed by atoms with Crippen molar-refractivity contribution in [1.29, 1.82) is 0 Å². The standard InChI is InChI=1S/C20H28ClN3O3/c1-4-24(5-2)10-12-26-11-9-22-19(25)14-18-15(3)27-20(23-18)16-7-6-8-17(21)13-16/h6-8,13H,4-5,9-12,14H2,1-3H3,(H,22,25). The maximum Gasteiger partial charge on any atom is 0.226 e. The first-order valence-electron chi connectivity index (χ1n) is 9.32. The van der Waals surface area contributed by atoms with E-state index in [0.717, 1.165) is 25.2 Å². The van der Waals surface area contributed by atoms with Crippen LogP contribution in [0.1, 0.15) is 25.3 Å². The lowest BCUT2D eigenvalue weighted by Crippen LogP contribution is -2.31. The topological polar surface area (TPSA) is 67.6 Å². The molecule has 1 aromatic carbocycles. The van der Waals surface area contributed by atoms with Crippen LogP contribution in [-0.2, 0) is 16.0 Å². The molecule has 0 radical (unpaired) electrons. The van der Waals surface area contributed by atoms with Crippen molar-refractivity contribution in [3.8, 4) is 11.5 Å². The van der Waals surface area contributed by atoms with Crippen LogP contribution in [0.2, 0.25) is 5.02 Å². The molecule has 7 heteroatoms. The first-order chi connectivity index (χ1) is 13.0. The first-order valence-corrected chi connectivity index (χ1v) is 9.70. The van der Waals surface area contributed by atoms with Crippen molar-refractivity contribution in [2.45, 2.75) is 27.2 Å². The van der Waals surface area contributed by atoms with E-state index in [0.29, 0.717) is 42.1 Å². The number of aromatic nitrogens is 1. The van der Waals surface area contributed by atoms with Crippen LogP contribution in [-0.4, -0.2) is 55.2 Å². The van der Waals surface area contributed by atoms with Gasteiger partial charge in [-0.2, -0.15) is 0 Å². The normalized spacial score (nSPS) is 11.1. The minimum Gasteiger partial charge on any atom is -0.441 e. The highest BCUT2D eigenvalue weighted by molar-refractivity contribution is 6.30. The third kappa shape index (κ3) is 6.97. The summed E-state index contributed by atoms with van der Waals surface area (Å²) in [6, 6.07) is 7.28. The van der Waals surface area contributed by atoms with E-state index in [9.17, 15) is 4.79 Å². The van der Waals surface area contributed by atoms with Gasteiger partial charge in [0.1, 0.15) is 5.76 Å². The lowest BCUT2D eigenvalue weighted by atomic mass is 10.2. The third-order valence-corrected chi connectivity index (χ3v) is 4.54. The fraction of sp³-hybridized carbons (Fsp3) is 0.500. The number of benzene rings is 1.